The summed E-state index contributed by atoms with van der Waals surface area (Å²) < 4.78 is 5.68. The first kappa shape index (κ1) is 13.3. The largest absolute Gasteiger partial charge is 0.389 e. The molecule has 1 saturated heterocycles. The van der Waals surface area contributed by atoms with Crippen LogP contribution in [0.4, 0.5) is 0 Å². The third kappa shape index (κ3) is 4.21. The summed E-state index contributed by atoms with van der Waals surface area (Å²) in [5.74, 6) is 0. The molecule has 1 heterocycles. The zero-order chi connectivity index (χ0) is 12.1. The Hall–Kier alpha value is -0.160. The summed E-state index contributed by atoms with van der Waals surface area (Å²) in [6.07, 6.45) is 5.79. The topological polar surface area (TPSA) is 44.7 Å². The van der Waals surface area contributed by atoms with E-state index in [1.807, 2.05) is 0 Å². The van der Waals surface area contributed by atoms with Crippen molar-refractivity contribution in [3.05, 3.63) is 0 Å². The molecule has 1 unspecified atom stereocenters. The Morgan fingerprint density at radius 3 is 2.82 bits per heavy atom. The van der Waals surface area contributed by atoms with Gasteiger partial charge in [0.1, 0.15) is 0 Å². The molecule has 1 aliphatic carbocycles. The summed E-state index contributed by atoms with van der Waals surface area (Å²) in [5.41, 5.74) is -0.460. The quantitative estimate of drug-likeness (QED) is 0.758. The minimum Gasteiger partial charge on any atom is -0.389 e. The number of hydrogen-bond donors (Lipinski definition) is 2. The molecule has 2 fully saturated rings. The van der Waals surface area contributed by atoms with Crippen LogP contribution in [0, 0.1) is 0 Å². The third-order valence-corrected chi connectivity index (χ3v) is 3.95. The average Bonchev–Trinajstić information content (AvgIpc) is 2.30. The predicted octanol–water partition coefficient (Wildman–Crippen LogP) is 0.602. The van der Waals surface area contributed by atoms with Gasteiger partial charge in [0.15, 0.2) is 0 Å². The first-order valence-corrected chi connectivity index (χ1v) is 6.91. The highest BCUT2D eigenvalue weighted by Gasteiger charge is 2.29. The second-order valence-corrected chi connectivity index (χ2v) is 5.67. The van der Waals surface area contributed by atoms with Gasteiger partial charge in [-0.2, -0.15) is 0 Å². The van der Waals surface area contributed by atoms with Crippen molar-refractivity contribution >= 4 is 0 Å². The molecule has 0 bridgehead atoms. The monoisotopic (exact) mass is 242 g/mol. The molecular formula is C13H26N2O2. The first-order valence-electron chi connectivity index (χ1n) is 6.91. The Labute approximate surface area is 104 Å². The lowest BCUT2D eigenvalue weighted by atomic mass is 9.85. The predicted molar refractivity (Wildman–Crippen MR) is 68.1 cm³/mol. The lowest BCUT2D eigenvalue weighted by Crippen LogP contribution is -2.48. The van der Waals surface area contributed by atoms with Crippen LogP contribution >= 0.6 is 0 Å². The zero-order valence-corrected chi connectivity index (χ0v) is 11.0. The molecule has 17 heavy (non-hydrogen) atoms. The Morgan fingerprint density at radius 1 is 1.35 bits per heavy atom. The van der Waals surface area contributed by atoms with Crippen molar-refractivity contribution < 1.29 is 9.84 Å². The summed E-state index contributed by atoms with van der Waals surface area (Å²) in [7, 11) is 2.13. The van der Waals surface area contributed by atoms with Crippen molar-refractivity contribution in [1.82, 2.24) is 10.2 Å². The SMILES string of the molecule is CN1CCOC(CNCC2(O)CCCCC2)C1. The molecular weight excluding hydrogens is 216 g/mol. The summed E-state index contributed by atoms with van der Waals surface area (Å²) in [6, 6.07) is 0. The number of rotatable bonds is 4. The fraction of sp³-hybridized carbons (Fsp3) is 1.00. The average molecular weight is 242 g/mol. The van der Waals surface area contributed by atoms with Crippen LogP contribution < -0.4 is 5.32 Å². The lowest BCUT2D eigenvalue weighted by molar-refractivity contribution is -0.0275. The molecule has 2 rings (SSSR count). The second kappa shape index (κ2) is 6.14. The van der Waals surface area contributed by atoms with E-state index in [1.54, 1.807) is 0 Å². The number of hydrogen-bond acceptors (Lipinski definition) is 4. The van der Waals surface area contributed by atoms with Gasteiger partial charge in [0, 0.05) is 26.2 Å². The number of nitrogens with one attached hydrogen (secondary N) is 1. The highest BCUT2D eigenvalue weighted by Crippen LogP contribution is 2.27. The molecule has 4 nitrogen and oxygen atoms in total. The van der Waals surface area contributed by atoms with Gasteiger partial charge in [-0.1, -0.05) is 19.3 Å². The van der Waals surface area contributed by atoms with Gasteiger partial charge in [-0.05, 0) is 19.9 Å². The fourth-order valence-corrected chi connectivity index (χ4v) is 2.84. The van der Waals surface area contributed by atoms with Crippen molar-refractivity contribution in [3.63, 3.8) is 0 Å². The van der Waals surface area contributed by atoms with E-state index in [2.05, 4.69) is 17.3 Å². The molecule has 4 heteroatoms. The molecule has 1 atom stereocenters. The van der Waals surface area contributed by atoms with Gasteiger partial charge in [0.2, 0.25) is 0 Å². The van der Waals surface area contributed by atoms with Crippen LogP contribution in [0.25, 0.3) is 0 Å². The van der Waals surface area contributed by atoms with Crippen molar-refractivity contribution in [2.45, 2.75) is 43.8 Å². The second-order valence-electron chi connectivity index (χ2n) is 5.67. The van der Waals surface area contributed by atoms with Crippen LogP contribution in [0.3, 0.4) is 0 Å². The summed E-state index contributed by atoms with van der Waals surface area (Å²) in [6.45, 7) is 4.42. The minimum atomic E-state index is -0.460. The minimum absolute atomic E-state index is 0.279. The van der Waals surface area contributed by atoms with Gasteiger partial charge in [-0.25, -0.2) is 0 Å². The van der Waals surface area contributed by atoms with Gasteiger partial charge >= 0.3 is 0 Å². The molecule has 2 N–H and O–H groups in total. The Morgan fingerprint density at radius 2 is 2.12 bits per heavy atom. The fourth-order valence-electron chi connectivity index (χ4n) is 2.84. The molecule has 100 valence electrons. The lowest BCUT2D eigenvalue weighted by Gasteiger charge is -2.34. The number of ether oxygens (including phenoxy) is 1. The van der Waals surface area contributed by atoms with E-state index in [1.165, 1.54) is 19.3 Å². The third-order valence-electron chi connectivity index (χ3n) is 3.95. The van der Waals surface area contributed by atoms with Crippen LogP contribution in [0.1, 0.15) is 32.1 Å². The number of aliphatic hydroxyl groups is 1. The summed E-state index contributed by atoms with van der Waals surface area (Å²) in [5, 5.41) is 13.7. The van der Waals surface area contributed by atoms with E-state index in [4.69, 9.17) is 4.74 Å². The molecule has 1 aliphatic heterocycles. The number of nitrogens with zero attached hydrogens (tertiary/aromatic N) is 1. The van der Waals surface area contributed by atoms with Gasteiger partial charge in [-0.15, -0.1) is 0 Å². The standard InChI is InChI=1S/C13H26N2O2/c1-15-7-8-17-12(10-15)9-14-11-13(16)5-3-2-4-6-13/h12,14,16H,2-11H2,1H3. The van der Waals surface area contributed by atoms with Gasteiger partial charge in [0.05, 0.1) is 18.3 Å². The Kier molecular flexibility index (Phi) is 4.79. The van der Waals surface area contributed by atoms with E-state index in [0.29, 0.717) is 0 Å². The van der Waals surface area contributed by atoms with Crippen LogP contribution in [0.15, 0.2) is 0 Å². The van der Waals surface area contributed by atoms with E-state index < -0.39 is 5.60 Å². The number of likely N-dealkylation sites (N-methyl/N-ethyl adjacent to an activating group) is 1. The highest BCUT2D eigenvalue weighted by molar-refractivity contribution is 4.85. The summed E-state index contributed by atoms with van der Waals surface area (Å²) >= 11 is 0. The molecule has 0 radical (unpaired) electrons. The maximum absolute atomic E-state index is 10.3. The molecule has 0 amide bonds. The van der Waals surface area contributed by atoms with E-state index in [9.17, 15) is 5.11 Å². The van der Waals surface area contributed by atoms with Gasteiger partial charge < -0.3 is 20.1 Å². The summed E-state index contributed by atoms with van der Waals surface area (Å²) in [4.78, 5) is 2.30. The van der Waals surface area contributed by atoms with Crippen LogP contribution in [-0.4, -0.2) is 61.5 Å². The number of morpholine rings is 1. The smallest absolute Gasteiger partial charge is 0.0826 e. The van der Waals surface area contributed by atoms with Crippen molar-refractivity contribution in [2.24, 2.45) is 0 Å². The molecule has 1 saturated carbocycles. The molecule has 0 aromatic carbocycles. The maximum atomic E-state index is 10.3. The van der Waals surface area contributed by atoms with E-state index in [-0.39, 0.29) is 6.10 Å². The normalized spacial score (nSPS) is 30.4. The van der Waals surface area contributed by atoms with E-state index >= 15 is 0 Å². The zero-order valence-electron chi connectivity index (χ0n) is 11.0. The first-order chi connectivity index (χ1) is 8.18. The van der Waals surface area contributed by atoms with Gasteiger partial charge in [-0.3, -0.25) is 0 Å². The van der Waals surface area contributed by atoms with Crippen molar-refractivity contribution in [3.8, 4) is 0 Å². The van der Waals surface area contributed by atoms with Crippen molar-refractivity contribution in [1.29, 1.82) is 0 Å². The van der Waals surface area contributed by atoms with Gasteiger partial charge in [0.25, 0.3) is 0 Å². The molecule has 2 aliphatic rings. The van der Waals surface area contributed by atoms with Crippen LogP contribution in [-0.2, 0) is 4.74 Å². The molecule has 0 aromatic heterocycles. The maximum Gasteiger partial charge on any atom is 0.0826 e. The Bertz CT molecular complexity index is 229. The van der Waals surface area contributed by atoms with E-state index in [0.717, 1.165) is 45.6 Å². The highest BCUT2D eigenvalue weighted by atomic mass is 16.5. The molecule has 0 aromatic rings. The van der Waals surface area contributed by atoms with Crippen molar-refractivity contribution in [2.75, 3.05) is 39.8 Å². The molecule has 0 spiro atoms. The van der Waals surface area contributed by atoms with Crippen LogP contribution in [0.2, 0.25) is 0 Å². The van der Waals surface area contributed by atoms with Crippen LogP contribution in [0.5, 0.6) is 0 Å². The Balaban J connectivity index is 1.64.